The van der Waals surface area contributed by atoms with Gasteiger partial charge in [-0.15, -0.1) is 4.83 Å². The van der Waals surface area contributed by atoms with Crippen LogP contribution < -0.4 is 15.2 Å². The molecule has 1 fully saturated rings. The molecule has 11 nitrogen and oxygen atoms in total. The van der Waals surface area contributed by atoms with Crippen molar-refractivity contribution in [2.75, 3.05) is 31.2 Å². The number of carbonyl (C=O) groups excluding carboxylic acids is 1. The fourth-order valence-corrected chi connectivity index (χ4v) is 4.17. The van der Waals surface area contributed by atoms with E-state index in [4.69, 9.17) is 4.74 Å². The van der Waals surface area contributed by atoms with Crippen molar-refractivity contribution in [2.45, 2.75) is 4.90 Å². The molecule has 2 heterocycles. The van der Waals surface area contributed by atoms with Crippen molar-refractivity contribution in [1.29, 1.82) is 0 Å². The number of aromatic amines is 1. The van der Waals surface area contributed by atoms with Gasteiger partial charge in [-0.25, -0.2) is 8.42 Å². The lowest BCUT2D eigenvalue weighted by molar-refractivity contribution is -0.384. The molecule has 1 aliphatic rings. The number of nitro benzene ring substituents is 1. The Hall–Kier alpha value is -3.48. The van der Waals surface area contributed by atoms with Crippen LogP contribution in [0.3, 0.4) is 0 Å². The summed E-state index contributed by atoms with van der Waals surface area (Å²) in [6.07, 6.45) is 1.73. The SMILES string of the molecule is O=C(NNS(=O)(=O)c1ccc([N+](=O)[O-])c(N2CCOCC2)c1)c1ccc2cc[nH]c2c1. The van der Waals surface area contributed by atoms with Crippen LogP contribution in [0.5, 0.6) is 0 Å². The zero-order valence-electron chi connectivity index (χ0n) is 16.2. The second-order valence-corrected chi connectivity index (χ2v) is 8.53. The normalized spacial score (nSPS) is 14.5. The predicted octanol–water partition coefficient (Wildman–Crippen LogP) is 1.54. The van der Waals surface area contributed by atoms with Gasteiger partial charge in [0, 0.05) is 36.4 Å². The minimum Gasteiger partial charge on any atom is -0.378 e. The molecule has 31 heavy (non-hydrogen) atoms. The molecule has 1 aromatic heterocycles. The Morgan fingerprint density at radius 3 is 2.65 bits per heavy atom. The number of nitrogens with one attached hydrogen (secondary N) is 3. The highest BCUT2D eigenvalue weighted by molar-refractivity contribution is 7.89. The van der Waals surface area contributed by atoms with Gasteiger partial charge >= 0.3 is 0 Å². The third kappa shape index (κ3) is 4.35. The molecule has 2 aromatic carbocycles. The largest absolute Gasteiger partial charge is 0.378 e. The molecule has 1 amide bonds. The third-order valence-corrected chi connectivity index (χ3v) is 6.17. The quantitative estimate of drug-likeness (QED) is 0.385. The van der Waals surface area contributed by atoms with Gasteiger partial charge in [0.1, 0.15) is 5.69 Å². The highest BCUT2D eigenvalue weighted by Gasteiger charge is 2.25. The highest BCUT2D eigenvalue weighted by Crippen LogP contribution is 2.31. The molecule has 0 unspecified atom stereocenters. The number of H-pyrrole nitrogens is 1. The summed E-state index contributed by atoms with van der Waals surface area (Å²) in [5.74, 6) is -0.643. The minimum absolute atomic E-state index is 0.180. The Kier molecular flexibility index (Phi) is 5.59. The topological polar surface area (TPSA) is 147 Å². The van der Waals surface area contributed by atoms with E-state index in [1.165, 1.54) is 6.07 Å². The number of ether oxygens (including phenoxy) is 1. The molecule has 1 aliphatic heterocycles. The molecule has 0 atom stereocenters. The number of hydrazine groups is 1. The average molecular weight is 445 g/mol. The number of amides is 1. The number of carbonyl (C=O) groups is 1. The van der Waals surface area contributed by atoms with Crippen molar-refractivity contribution < 1.29 is 22.9 Å². The molecule has 3 N–H and O–H groups in total. The number of nitrogens with zero attached hydrogens (tertiary/aromatic N) is 2. The summed E-state index contributed by atoms with van der Waals surface area (Å²) in [6, 6.07) is 10.2. The molecule has 3 aromatic rings. The van der Waals surface area contributed by atoms with E-state index in [0.29, 0.717) is 26.3 Å². The van der Waals surface area contributed by atoms with Crippen LogP contribution in [0.1, 0.15) is 10.4 Å². The van der Waals surface area contributed by atoms with E-state index in [-0.39, 0.29) is 21.8 Å². The first-order valence-corrected chi connectivity index (χ1v) is 10.8. The van der Waals surface area contributed by atoms with Gasteiger partial charge < -0.3 is 14.6 Å². The van der Waals surface area contributed by atoms with Gasteiger partial charge in [-0.05, 0) is 35.7 Å². The van der Waals surface area contributed by atoms with E-state index >= 15 is 0 Å². The van der Waals surface area contributed by atoms with Crippen LogP contribution in [0.2, 0.25) is 0 Å². The first kappa shape index (κ1) is 20.8. The van der Waals surface area contributed by atoms with Gasteiger partial charge in [-0.2, -0.15) is 0 Å². The van der Waals surface area contributed by atoms with Gasteiger partial charge in [-0.1, -0.05) is 6.07 Å². The van der Waals surface area contributed by atoms with Crippen molar-refractivity contribution in [3.8, 4) is 0 Å². The molecule has 0 spiro atoms. The van der Waals surface area contributed by atoms with E-state index in [1.54, 1.807) is 29.3 Å². The first-order valence-electron chi connectivity index (χ1n) is 9.35. The fourth-order valence-electron chi connectivity index (χ4n) is 3.32. The summed E-state index contributed by atoms with van der Waals surface area (Å²) >= 11 is 0. The molecule has 162 valence electrons. The van der Waals surface area contributed by atoms with Crippen LogP contribution in [0.15, 0.2) is 53.6 Å². The van der Waals surface area contributed by atoms with E-state index in [1.807, 2.05) is 10.9 Å². The van der Waals surface area contributed by atoms with Crippen molar-refractivity contribution in [2.24, 2.45) is 0 Å². The molecule has 0 saturated carbocycles. The Balaban J connectivity index is 1.54. The van der Waals surface area contributed by atoms with Crippen molar-refractivity contribution in [1.82, 2.24) is 15.2 Å². The summed E-state index contributed by atoms with van der Waals surface area (Å²) in [5.41, 5.74) is 3.15. The zero-order valence-corrected chi connectivity index (χ0v) is 17.0. The lowest BCUT2D eigenvalue weighted by Gasteiger charge is -2.28. The monoisotopic (exact) mass is 445 g/mol. The van der Waals surface area contributed by atoms with Crippen LogP contribution >= 0.6 is 0 Å². The molecule has 12 heteroatoms. The van der Waals surface area contributed by atoms with Gasteiger partial charge in [0.05, 0.1) is 23.0 Å². The molecule has 0 radical (unpaired) electrons. The molecule has 0 aliphatic carbocycles. The predicted molar refractivity (Wildman–Crippen MR) is 112 cm³/mol. The van der Waals surface area contributed by atoms with Gasteiger partial charge in [0.25, 0.3) is 21.6 Å². The number of hydrogen-bond acceptors (Lipinski definition) is 7. The summed E-state index contributed by atoms with van der Waals surface area (Å²) in [4.78, 5) is 29.7. The number of rotatable bonds is 6. The second-order valence-electron chi connectivity index (χ2n) is 6.85. The summed E-state index contributed by atoms with van der Waals surface area (Å²) in [7, 11) is -4.17. The van der Waals surface area contributed by atoms with Gasteiger partial charge in [-0.3, -0.25) is 20.3 Å². The number of hydrogen-bond donors (Lipinski definition) is 3. The lowest BCUT2D eigenvalue weighted by atomic mass is 10.1. The first-order chi connectivity index (χ1) is 14.8. The summed E-state index contributed by atoms with van der Waals surface area (Å²) < 4.78 is 30.7. The Bertz CT molecular complexity index is 1250. The minimum atomic E-state index is -4.17. The number of aromatic nitrogens is 1. The maximum absolute atomic E-state index is 12.7. The fraction of sp³-hybridized carbons (Fsp3) is 0.211. The third-order valence-electron chi connectivity index (χ3n) is 4.92. The van der Waals surface area contributed by atoms with E-state index in [2.05, 4.69) is 10.4 Å². The Morgan fingerprint density at radius 1 is 1.13 bits per heavy atom. The molecule has 1 saturated heterocycles. The smallest absolute Gasteiger partial charge is 0.292 e. The second kappa shape index (κ2) is 8.34. The van der Waals surface area contributed by atoms with Gasteiger partial charge in [0.15, 0.2) is 0 Å². The van der Waals surface area contributed by atoms with E-state index < -0.39 is 20.9 Å². The molecule has 0 bridgehead atoms. The van der Waals surface area contributed by atoms with Gasteiger partial charge in [0.2, 0.25) is 0 Å². The van der Waals surface area contributed by atoms with Crippen LogP contribution in [0.4, 0.5) is 11.4 Å². The maximum Gasteiger partial charge on any atom is 0.292 e. The standard InChI is InChI=1S/C19H19N5O6S/c25-19(14-2-1-13-5-6-20-16(13)11-14)21-22-31(28,29)15-3-4-17(24(26)27)18(12-15)23-7-9-30-10-8-23/h1-6,11-12,20,22H,7-10H2,(H,21,25). The lowest BCUT2D eigenvalue weighted by Crippen LogP contribution is -2.41. The number of benzene rings is 2. The number of morpholine rings is 1. The van der Waals surface area contributed by atoms with Crippen molar-refractivity contribution >= 4 is 38.2 Å². The van der Waals surface area contributed by atoms with Crippen LogP contribution in [0.25, 0.3) is 10.9 Å². The number of anilines is 1. The number of fused-ring (bicyclic) bond motifs is 1. The summed E-state index contributed by atoms with van der Waals surface area (Å²) in [5, 5.41) is 12.3. The average Bonchev–Trinajstić information content (AvgIpc) is 3.25. The molecule has 4 rings (SSSR count). The zero-order chi connectivity index (χ0) is 22.0. The van der Waals surface area contributed by atoms with Crippen LogP contribution in [0, 0.1) is 10.1 Å². The van der Waals surface area contributed by atoms with E-state index in [9.17, 15) is 23.3 Å². The number of sulfonamides is 1. The molecular formula is C19H19N5O6S. The Morgan fingerprint density at radius 2 is 1.90 bits per heavy atom. The van der Waals surface area contributed by atoms with Crippen molar-refractivity contribution in [3.05, 3.63) is 64.3 Å². The van der Waals surface area contributed by atoms with Crippen LogP contribution in [-0.4, -0.2) is 50.5 Å². The Labute approximate surface area is 177 Å². The van der Waals surface area contributed by atoms with E-state index in [0.717, 1.165) is 23.0 Å². The van der Waals surface area contributed by atoms with Crippen LogP contribution in [-0.2, 0) is 14.8 Å². The van der Waals surface area contributed by atoms with Crippen molar-refractivity contribution in [3.63, 3.8) is 0 Å². The maximum atomic E-state index is 12.7. The summed E-state index contributed by atoms with van der Waals surface area (Å²) in [6.45, 7) is 1.56. The number of nitro groups is 1. The highest BCUT2D eigenvalue weighted by atomic mass is 32.2. The molecular weight excluding hydrogens is 426 g/mol.